The van der Waals surface area contributed by atoms with Crippen LogP contribution in [0.1, 0.15) is 64.7 Å². The van der Waals surface area contributed by atoms with Crippen molar-refractivity contribution < 1.29 is 4.74 Å². The van der Waals surface area contributed by atoms with Gasteiger partial charge in [-0.15, -0.1) is 0 Å². The van der Waals surface area contributed by atoms with Crippen LogP contribution in [0.5, 0.6) is 0 Å². The van der Waals surface area contributed by atoms with Crippen LogP contribution in [-0.4, -0.2) is 6.10 Å². The quantitative estimate of drug-likeness (QED) is 0.507. The molecule has 1 heteroatoms. The van der Waals surface area contributed by atoms with Crippen LogP contribution < -0.4 is 0 Å². The Morgan fingerprint density at radius 3 is 2.73 bits per heavy atom. The Morgan fingerprint density at radius 1 is 0.923 bits per heavy atom. The van der Waals surface area contributed by atoms with E-state index < -0.39 is 0 Å². The summed E-state index contributed by atoms with van der Waals surface area (Å²) in [5.74, 6) is 3.92. The Bertz CT molecular complexity index is 716. The van der Waals surface area contributed by atoms with Crippen molar-refractivity contribution >= 4 is 0 Å². The van der Waals surface area contributed by atoms with Crippen molar-refractivity contribution in [3.05, 3.63) is 58.9 Å². The van der Waals surface area contributed by atoms with Gasteiger partial charge in [0.2, 0.25) is 0 Å². The van der Waals surface area contributed by atoms with Gasteiger partial charge in [-0.25, -0.2) is 0 Å². The van der Waals surface area contributed by atoms with E-state index in [9.17, 15) is 0 Å². The predicted molar refractivity (Wildman–Crippen MR) is 108 cm³/mol. The molecule has 4 aliphatic carbocycles. The summed E-state index contributed by atoms with van der Waals surface area (Å²) in [5.41, 5.74) is 4.84. The summed E-state index contributed by atoms with van der Waals surface area (Å²) in [6.07, 6.45) is 26.7. The molecule has 1 heterocycles. The van der Waals surface area contributed by atoms with E-state index in [-0.39, 0.29) is 0 Å². The lowest BCUT2D eigenvalue weighted by atomic mass is 9.75. The van der Waals surface area contributed by atoms with Gasteiger partial charge >= 0.3 is 0 Å². The maximum Gasteiger partial charge on any atom is 0.124 e. The molecule has 1 nitrogen and oxygen atoms in total. The summed E-state index contributed by atoms with van der Waals surface area (Å²) in [5, 5.41) is 0. The summed E-state index contributed by atoms with van der Waals surface area (Å²) in [4.78, 5) is 0. The Balaban J connectivity index is 1.34. The number of fused-ring (bicyclic) bond motifs is 3. The molecule has 0 spiro atoms. The number of hydrogen-bond acceptors (Lipinski definition) is 1. The van der Waals surface area contributed by atoms with Crippen LogP contribution >= 0.6 is 0 Å². The summed E-state index contributed by atoms with van der Waals surface area (Å²) in [7, 11) is 0. The molecule has 26 heavy (non-hydrogen) atoms. The molecule has 0 amide bonds. The summed E-state index contributed by atoms with van der Waals surface area (Å²) < 4.78 is 6.54. The molecule has 0 N–H and O–H groups in total. The maximum absolute atomic E-state index is 6.54. The highest BCUT2D eigenvalue weighted by atomic mass is 16.5. The molecule has 138 valence electrons. The molecule has 5 atom stereocenters. The van der Waals surface area contributed by atoms with Gasteiger partial charge in [0.15, 0.2) is 0 Å². The van der Waals surface area contributed by atoms with E-state index in [0.29, 0.717) is 23.9 Å². The molecule has 5 rings (SSSR count). The zero-order valence-corrected chi connectivity index (χ0v) is 16.1. The fraction of sp³-hybridized carbons (Fsp3) is 0.600. The smallest absolute Gasteiger partial charge is 0.124 e. The van der Waals surface area contributed by atoms with Gasteiger partial charge in [0.25, 0.3) is 0 Å². The molecular formula is C25H32O. The van der Waals surface area contributed by atoms with Crippen molar-refractivity contribution in [2.24, 2.45) is 23.7 Å². The van der Waals surface area contributed by atoms with E-state index in [0.717, 1.165) is 12.3 Å². The second kappa shape index (κ2) is 6.91. The number of rotatable bonds is 2. The third-order valence-electron chi connectivity index (χ3n) is 7.27. The first-order valence-corrected chi connectivity index (χ1v) is 10.9. The highest BCUT2D eigenvalue weighted by molar-refractivity contribution is 5.40. The van der Waals surface area contributed by atoms with Gasteiger partial charge in [0.1, 0.15) is 11.9 Å². The Hall–Kier alpha value is -1.50. The van der Waals surface area contributed by atoms with Crippen molar-refractivity contribution in [1.29, 1.82) is 0 Å². The lowest BCUT2D eigenvalue weighted by Crippen LogP contribution is -2.18. The molecule has 1 aliphatic heterocycles. The van der Waals surface area contributed by atoms with Crippen LogP contribution in [-0.2, 0) is 4.74 Å². The predicted octanol–water partition coefficient (Wildman–Crippen LogP) is 6.65. The lowest BCUT2D eigenvalue weighted by molar-refractivity contribution is 0.167. The van der Waals surface area contributed by atoms with Gasteiger partial charge in [-0.2, -0.15) is 0 Å². The molecule has 0 bridgehead atoms. The number of ether oxygens (including phenoxy) is 1. The average Bonchev–Trinajstić information content (AvgIpc) is 3.05. The Labute approximate surface area is 158 Å². The van der Waals surface area contributed by atoms with Gasteiger partial charge in [0.05, 0.1) is 0 Å². The zero-order valence-electron chi connectivity index (χ0n) is 16.1. The monoisotopic (exact) mass is 348 g/mol. The second-order valence-electron chi connectivity index (χ2n) is 9.10. The molecule has 1 fully saturated rings. The van der Waals surface area contributed by atoms with Gasteiger partial charge in [-0.3, -0.25) is 0 Å². The van der Waals surface area contributed by atoms with Gasteiger partial charge in [-0.05, 0) is 74.9 Å². The van der Waals surface area contributed by atoms with Crippen LogP contribution in [0.4, 0.5) is 0 Å². The number of allylic oxidation sites excluding steroid dienone is 8. The zero-order chi connectivity index (χ0) is 17.5. The van der Waals surface area contributed by atoms with Crippen molar-refractivity contribution in [3.8, 4) is 0 Å². The minimum atomic E-state index is 0.319. The first kappa shape index (κ1) is 16.7. The van der Waals surface area contributed by atoms with Gasteiger partial charge < -0.3 is 4.74 Å². The molecule has 1 saturated heterocycles. The van der Waals surface area contributed by atoms with E-state index >= 15 is 0 Å². The summed E-state index contributed by atoms with van der Waals surface area (Å²) in [6.45, 7) is 2.37. The molecule has 0 saturated carbocycles. The topological polar surface area (TPSA) is 9.23 Å². The standard InChI is InChI=1S/C25H32O/c1-17-6-5-9-19(14-17)21-11-13-23-22-12-10-20(18-7-3-2-4-8-18)15-24(22)26-25(23)16-21/h3,7,10,12,14,16-18,21,23-24H,2,4-6,8-9,11,13,15H2,1H3/t17-,18+,21-,23?,24?/m0/s1. The van der Waals surface area contributed by atoms with E-state index in [1.807, 2.05) is 0 Å². The minimum Gasteiger partial charge on any atom is -0.490 e. The molecule has 0 aromatic rings. The third-order valence-corrected chi connectivity index (χ3v) is 7.27. The molecule has 0 radical (unpaired) electrons. The largest absolute Gasteiger partial charge is 0.490 e. The van der Waals surface area contributed by atoms with E-state index in [1.165, 1.54) is 57.1 Å². The van der Waals surface area contributed by atoms with Crippen LogP contribution in [0.3, 0.4) is 0 Å². The molecular weight excluding hydrogens is 316 g/mol. The van der Waals surface area contributed by atoms with E-state index in [2.05, 4.69) is 43.4 Å². The van der Waals surface area contributed by atoms with Gasteiger partial charge in [0, 0.05) is 18.3 Å². The van der Waals surface area contributed by atoms with Crippen molar-refractivity contribution in [2.45, 2.75) is 70.8 Å². The fourth-order valence-electron chi connectivity index (χ4n) is 5.82. The molecule has 0 aromatic carbocycles. The molecule has 2 unspecified atom stereocenters. The van der Waals surface area contributed by atoms with Gasteiger partial charge in [-0.1, -0.05) is 48.5 Å². The highest BCUT2D eigenvalue weighted by Gasteiger charge is 2.41. The lowest BCUT2D eigenvalue weighted by Gasteiger charge is -2.28. The van der Waals surface area contributed by atoms with Crippen LogP contribution in [0.25, 0.3) is 0 Å². The van der Waals surface area contributed by atoms with Crippen molar-refractivity contribution in [2.75, 3.05) is 0 Å². The maximum atomic E-state index is 6.54. The first-order chi connectivity index (χ1) is 12.8. The molecule has 0 aromatic heterocycles. The Morgan fingerprint density at radius 2 is 1.88 bits per heavy atom. The van der Waals surface area contributed by atoms with Crippen molar-refractivity contribution in [1.82, 2.24) is 0 Å². The third kappa shape index (κ3) is 3.04. The average molecular weight is 349 g/mol. The second-order valence-corrected chi connectivity index (χ2v) is 9.10. The van der Waals surface area contributed by atoms with Crippen molar-refractivity contribution in [3.63, 3.8) is 0 Å². The Kier molecular flexibility index (Phi) is 4.43. The normalized spacial score (nSPS) is 39.0. The molecule has 5 aliphatic rings. The SMILES string of the molecule is C[C@@H]1C=C([C@@H]2C=C3OC4CC([C@@H]5C=CCCC5)=CC=C4C3CC2)CCC1. The minimum absolute atomic E-state index is 0.319. The van der Waals surface area contributed by atoms with Crippen LogP contribution in [0, 0.1) is 23.7 Å². The first-order valence-electron chi connectivity index (χ1n) is 10.9. The van der Waals surface area contributed by atoms with Crippen LogP contribution in [0.2, 0.25) is 0 Å². The highest BCUT2D eigenvalue weighted by Crippen LogP contribution is 2.48. The van der Waals surface area contributed by atoms with Crippen LogP contribution in [0.15, 0.2) is 58.9 Å². The van der Waals surface area contributed by atoms with E-state index in [4.69, 9.17) is 4.74 Å². The summed E-state index contributed by atoms with van der Waals surface area (Å²) >= 11 is 0. The fourth-order valence-corrected chi connectivity index (χ4v) is 5.82. The number of hydrogen-bond donors (Lipinski definition) is 0. The van der Waals surface area contributed by atoms with E-state index in [1.54, 1.807) is 16.7 Å². The summed E-state index contributed by atoms with van der Waals surface area (Å²) in [6, 6.07) is 0.